The molecule has 0 amide bonds. The minimum absolute atomic E-state index is 0.0973. The van der Waals surface area contributed by atoms with Crippen LogP contribution in [0.25, 0.3) is 55.1 Å². The quantitative estimate of drug-likeness (QED) is 0.0905. The van der Waals surface area contributed by atoms with Gasteiger partial charge < -0.3 is 0 Å². The summed E-state index contributed by atoms with van der Waals surface area (Å²) in [5.74, 6) is 0. The van der Waals surface area contributed by atoms with Crippen molar-refractivity contribution in [3.8, 4) is 17.2 Å². The maximum atomic E-state index is 11.8. The third kappa shape index (κ3) is 4.44. The van der Waals surface area contributed by atoms with Gasteiger partial charge in [-0.05, 0) is 114 Å². The number of nitrogens with zero attached hydrogens (tertiary/aromatic N) is 1. The maximum absolute atomic E-state index is 11.8. The van der Waals surface area contributed by atoms with Gasteiger partial charge in [-0.15, -0.1) is 0 Å². The fraction of sp³-hybridized carbons (Fsp3) is 0.0909. The van der Waals surface area contributed by atoms with Crippen LogP contribution in [0.4, 0.5) is 0 Å². The van der Waals surface area contributed by atoms with Gasteiger partial charge in [-0.25, -0.2) is 0 Å². The lowest BCUT2D eigenvalue weighted by Crippen LogP contribution is -2.26. The second kappa shape index (κ2) is 10.7. The summed E-state index contributed by atoms with van der Waals surface area (Å²) in [5.41, 5.74) is 10.2. The zero-order chi connectivity index (χ0) is 31.4. The van der Waals surface area contributed by atoms with Crippen molar-refractivity contribution in [2.75, 3.05) is 0 Å². The molecule has 0 aliphatic heterocycles. The van der Waals surface area contributed by atoms with E-state index in [0.717, 1.165) is 34.2 Å². The molecule has 2 nitrogen and oxygen atoms in total. The molecule has 0 N–H and O–H groups in total. The molecule has 0 spiro atoms. The van der Waals surface area contributed by atoms with Crippen molar-refractivity contribution in [2.24, 2.45) is 5.41 Å². The molecule has 1 atom stereocenters. The first kappa shape index (κ1) is 27.7. The highest BCUT2D eigenvalue weighted by atomic mass is 16.1. The van der Waals surface area contributed by atoms with Crippen LogP contribution in [-0.2, 0) is 4.79 Å². The highest BCUT2D eigenvalue weighted by Crippen LogP contribution is 2.49. The standard InChI is InChI=1S/C44H31NO/c1-28-9-16-37-7-4-8-38-17-13-34(25-44(37,38)2)39(18-10-28)35-22-29(21-30(26-45)27-46)23-36(24-35)40-19-14-33-12-11-31-5-3-6-32-15-20-41(40)43(33)42(31)32/h3-24,27H,25H2,1-2H3/b16-9?,18-10?,28-9?,28-10?,30-21+,37-16?,39-18?,39-34?. The van der Waals surface area contributed by atoms with Crippen LogP contribution in [-0.4, -0.2) is 6.29 Å². The summed E-state index contributed by atoms with van der Waals surface area (Å²) < 4.78 is 0. The number of rotatable bonds is 4. The van der Waals surface area contributed by atoms with Gasteiger partial charge in [0.25, 0.3) is 0 Å². The van der Waals surface area contributed by atoms with Crippen molar-refractivity contribution >= 4 is 50.3 Å². The van der Waals surface area contributed by atoms with Gasteiger partial charge in [-0.2, -0.15) is 5.26 Å². The zero-order valence-electron chi connectivity index (χ0n) is 25.8. The van der Waals surface area contributed by atoms with E-state index in [-0.39, 0.29) is 11.0 Å². The van der Waals surface area contributed by atoms with Crippen LogP contribution in [0.2, 0.25) is 0 Å². The van der Waals surface area contributed by atoms with E-state index < -0.39 is 0 Å². The number of fused-ring (bicyclic) bond motifs is 1. The first-order valence-electron chi connectivity index (χ1n) is 15.7. The average Bonchev–Trinajstić information content (AvgIpc) is 3.08. The highest BCUT2D eigenvalue weighted by Gasteiger charge is 2.35. The lowest BCUT2D eigenvalue weighted by Gasteiger charge is -2.38. The van der Waals surface area contributed by atoms with Gasteiger partial charge in [-0.3, -0.25) is 4.79 Å². The van der Waals surface area contributed by atoms with E-state index in [1.807, 2.05) is 0 Å². The summed E-state index contributed by atoms with van der Waals surface area (Å²) in [6.45, 7) is 4.47. The van der Waals surface area contributed by atoms with Gasteiger partial charge in [0.1, 0.15) is 6.07 Å². The van der Waals surface area contributed by atoms with E-state index in [0.29, 0.717) is 6.29 Å². The fourth-order valence-corrected chi connectivity index (χ4v) is 7.47. The predicted molar refractivity (Wildman–Crippen MR) is 192 cm³/mol. The Morgan fingerprint density at radius 3 is 2.33 bits per heavy atom. The van der Waals surface area contributed by atoms with Crippen LogP contribution < -0.4 is 0 Å². The second-order valence-electron chi connectivity index (χ2n) is 12.8. The molecule has 3 aliphatic carbocycles. The highest BCUT2D eigenvalue weighted by molar-refractivity contribution is 6.25. The Balaban J connectivity index is 1.40. The molecule has 3 aliphatic rings. The maximum Gasteiger partial charge on any atom is 0.160 e. The molecule has 2 bridgehead atoms. The summed E-state index contributed by atoms with van der Waals surface area (Å²) in [6, 6.07) is 28.3. The third-order valence-corrected chi connectivity index (χ3v) is 9.90. The summed E-state index contributed by atoms with van der Waals surface area (Å²) in [4.78, 5) is 11.8. The monoisotopic (exact) mass is 589 g/mol. The number of benzene rings is 5. The number of hydrogen-bond acceptors (Lipinski definition) is 2. The molecule has 0 heterocycles. The summed E-state index contributed by atoms with van der Waals surface area (Å²) >= 11 is 0. The van der Waals surface area contributed by atoms with Crippen molar-refractivity contribution in [3.05, 3.63) is 166 Å². The average molecular weight is 590 g/mol. The molecule has 0 radical (unpaired) electrons. The summed E-state index contributed by atoms with van der Waals surface area (Å²) in [7, 11) is 0. The van der Waals surface area contributed by atoms with Crippen molar-refractivity contribution in [3.63, 3.8) is 0 Å². The lowest BCUT2D eigenvalue weighted by molar-refractivity contribution is -0.104. The molecule has 5 aromatic rings. The zero-order valence-corrected chi connectivity index (χ0v) is 25.8. The predicted octanol–water partition coefficient (Wildman–Crippen LogP) is 11.0. The van der Waals surface area contributed by atoms with E-state index in [9.17, 15) is 10.1 Å². The fourth-order valence-electron chi connectivity index (χ4n) is 7.47. The molecule has 0 aromatic heterocycles. The normalized spacial score (nSPS) is 19.3. The Kier molecular flexibility index (Phi) is 6.45. The molecule has 46 heavy (non-hydrogen) atoms. The lowest BCUT2D eigenvalue weighted by atomic mass is 9.65. The molecule has 0 saturated heterocycles. The first-order chi connectivity index (χ1) is 22.4. The van der Waals surface area contributed by atoms with Gasteiger partial charge in [0.15, 0.2) is 6.29 Å². The minimum atomic E-state index is -0.135. The molecular formula is C44H31NO. The van der Waals surface area contributed by atoms with Crippen LogP contribution in [0.3, 0.4) is 0 Å². The molecule has 2 heteroatoms. The van der Waals surface area contributed by atoms with Gasteiger partial charge in [0.2, 0.25) is 0 Å². The van der Waals surface area contributed by atoms with Crippen LogP contribution in [0.15, 0.2) is 155 Å². The van der Waals surface area contributed by atoms with Crippen LogP contribution in [0, 0.1) is 16.7 Å². The van der Waals surface area contributed by atoms with E-state index in [4.69, 9.17) is 0 Å². The number of nitriles is 1. The Labute approximate surface area is 269 Å². The molecule has 0 saturated carbocycles. The van der Waals surface area contributed by atoms with Crippen molar-refractivity contribution in [1.82, 2.24) is 0 Å². The second-order valence-corrected chi connectivity index (χ2v) is 12.8. The van der Waals surface area contributed by atoms with E-state index in [1.165, 1.54) is 54.6 Å². The van der Waals surface area contributed by atoms with Crippen LogP contribution in [0.1, 0.15) is 31.4 Å². The molecule has 218 valence electrons. The van der Waals surface area contributed by atoms with Gasteiger partial charge >= 0.3 is 0 Å². The Bertz CT molecular complexity index is 2410. The van der Waals surface area contributed by atoms with E-state index >= 15 is 0 Å². The Hall–Kier alpha value is -5.78. The molecule has 0 fully saturated rings. The van der Waals surface area contributed by atoms with E-state index in [1.54, 1.807) is 6.08 Å². The van der Waals surface area contributed by atoms with Gasteiger partial charge in [0, 0.05) is 5.41 Å². The number of hydrogen-bond donors (Lipinski definition) is 0. The number of carbonyl (C=O) groups excluding carboxylic acids is 1. The Morgan fingerprint density at radius 2 is 1.52 bits per heavy atom. The third-order valence-electron chi connectivity index (χ3n) is 9.90. The van der Waals surface area contributed by atoms with Gasteiger partial charge in [0.05, 0.1) is 5.57 Å². The number of carbonyl (C=O) groups is 1. The topological polar surface area (TPSA) is 40.9 Å². The van der Waals surface area contributed by atoms with Crippen molar-refractivity contribution in [2.45, 2.75) is 20.3 Å². The van der Waals surface area contributed by atoms with E-state index in [2.05, 4.69) is 147 Å². The number of allylic oxidation sites excluding steroid dienone is 15. The molecule has 8 rings (SSSR count). The molecule has 5 aromatic carbocycles. The molecular weight excluding hydrogens is 558 g/mol. The van der Waals surface area contributed by atoms with Crippen molar-refractivity contribution in [1.29, 1.82) is 5.26 Å². The number of aldehydes is 1. The van der Waals surface area contributed by atoms with Gasteiger partial charge in [-0.1, -0.05) is 122 Å². The first-order valence-corrected chi connectivity index (χ1v) is 15.7. The summed E-state index contributed by atoms with van der Waals surface area (Å²) in [5, 5.41) is 17.1. The Morgan fingerprint density at radius 1 is 0.783 bits per heavy atom. The van der Waals surface area contributed by atoms with Crippen LogP contribution in [0.5, 0.6) is 0 Å². The van der Waals surface area contributed by atoms with Crippen LogP contribution >= 0.6 is 0 Å². The van der Waals surface area contributed by atoms with Crippen molar-refractivity contribution < 1.29 is 4.79 Å². The SMILES string of the molecule is CC1=CC=C2C=CC=C3C=CC(=C(c4cc(/C=C(\C#N)C=O)cc(-c5ccc6ccc7cccc8ccc5c6c78)c4)C=C1)CC32C. The summed E-state index contributed by atoms with van der Waals surface area (Å²) in [6.07, 6.45) is 23.2. The smallest absolute Gasteiger partial charge is 0.160 e. The largest absolute Gasteiger partial charge is 0.297 e. The molecule has 1 unspecified atom stereocenters. The minimum Gasteiger partial charge on any atom is -0.297 e.